The summed E-state index contributed by atoms with van der Waals surface area (Å²) in [6.07, 6.45) is 1.03. The second kappa shape index (κ2) is 5.62. The van der Waals surface area contributed by atoms with Gasteiger partial charge in [0.25, 0.3) is 0 Å². The van der Waals surface area contributed by atoms with E-state index in [0.29, 0.717) is 19.4 Å². The standard InChI is InChI=1S/C10H17N3O4/c1-6-4-7(9(15)16)2-3-13(6)5-8(14)12-10(11)17/h6-7H,2-5H2,1H3,(H,15,16)(H3,11,12,14,17). The largest absolute Gasteiger partial charge is 0.481 e. The third-order valence-electron chi connectivity index (χ3n) is 2.97. The predicted octanol–water partition coefficient (Wildman–Crippen LogP) is -0.634. The fraction of sp³-hybridized carbons (Fsp3) is 0.700. The summed E-state index contributed by atoms with van der Waals surface area (Å²) >= 11 is 0. The number of carbonyl (C=O) groups excluding carboxylic acids is 2. The quantitative estimate of drug-likeness (QED) is 0.610. The molecule has 0 aromatic carbocycles. The highest BCUT2D eigenvalue weighted by atomic mass is 16.4. The number of carboxylic acids is 1. The van der Waals surface area contributed by atoms with Gasteiger partial charge in [-0.2, -0.15) is 0 Å². The van der Waals surface area contributed by atoms with Crippen molar-refractivity contribution in [2.45, 2.75) is 25.8 Å². The Bertz CT molecular complexity index is 332. The molecule has 3 amide bonds. The van der Waals surface area contributed by atoms with E-state index in [0.717, 1.165) is 0 Å². The van der Waals surface area contributed by atoms with E-state index in [4.69, 9.17) is 10.8 Å². The van der Waals surface area contributed by atoms with E-state index in [9.17, 15) is 14.4 Å². The second-order valence-corrected chi connectivity index (χ2v) is 4.29. The molecule has 1 rings (SSSR count). The Morgan fingerprint density at radius 3 is 2.59 bits per heavy atom. The first-order valence-corrected chi connectivity index (χ1v) is 5.46. The number of hydrogen-bond donors (Lipinski definition) is 3. The third-order valence-corrected chi connectivity index (χ3v) is 2.97. The molecule has 0 spiro atoms. The first-order chi connectivity index (χ1) is 7.90. The summed E-state index contributed by atoms with van der Waals surface area (Å²) in [5, 5.41) is 10.9. The number of nitrogens with one attached hydrogen (secondary N) is 1. The normalized spacial score (nSPS) is 25.2. The van der Waals surface area contributed by atoms with Gasteiger partial charge in [-0.05, 0) is 26.3 Å². The highest BCUT2D eigenvalue weighted by Gasteiger charge is 2.30. The van der Waals surface area contributed by atoms with Crippen molar-refractivity contribution in [3.05, 3.63) is 0 Å². The number of rotatable bonds is 3. The number of nitrogens with two attached hydrogens (primary N) is 1. The Labute approximate surface area is 98.9 Å². The fourth-order valence-electron chi connectivity index (χ4n) is 2.04. The van der Waals surface area contributed by atoms with E-state index in [1.807, 2.05) is 17.1 Å². The smallest absolute Gasteiger partial charge is 0.318 e. The van der Waals surface area contributed by atoms with Crippen LogP contribution >= 0.6 is 0 Å². The van der Waals surface area contributed by atoms with Crippen LogP contribution in [0.3, 0.4) is 0 Å². The van der Waals surface area contributed by atoms with Gasteiger partial charge in [-0.1, -0.05) is 0 Å². The first kappa shape index (κ1) is 13.4. The van der Waals surface area contributed by atoms with Crippen molar-refractivity contribution in [1.82, 2.24) is 10.2 Å². The second-order valence-electron chi connectivity index (χ2n) is 4.29. The SMILES string of the molecule is CC1CC(C(=O)O)CCN1CC(=O)NC(N)=O. The maximum Gasteiger partial charge on any atom is 0.318 e. The number of hydrogen-bond acceptors (Lipinski definition) is 4. The van der Waals surface area contributed by atoms with E-state index in [1.165, 1.54) is 0 Å². The van der Waals surface area contributed by atoms with Gasteiger partial charge in [0.2, 0.25) is 5.91 Å². The Morgan fingerprint density at radius 2 is 2.12 bits per heavy atom. The minimum Gasteiger partial charge on any atom is -0.481 e. The Kier molecular flexibility index (Phi) is 4.45. The van der Waals surface area contributed by atoms with E-state index in [-0.39, 0.29) is 18.5 Å². The lowest BCUT2D eigenvalue weighted by molar-refractivity contribution is -0.144. The number of aliphatic carboxylic acids is 1. The van der Waals surface area contributed by atoms with Gasteiger partial charge in [0, 0.05) is 6.04 Å². The van der Waals surface area contributed by atoms with Crippen molar-refractivity contribution in [2.75, 3.05) is 13.1 Å². The van der Waals surface area contributed by atoms with Crippen LogP contribution in [0.4, 0.5) is 4.79 Å². The lowest BCUT2D eigenvalue weighted by Crippen LogP contribution is -2.48. The number of carbonyl (C=O) groups is 3. The molecular weight excluding hydrogens is 226 g/mol. The molecule has 1 aliphatic rings. The molecule has 0 aromatic rings. The molecule has 1 heterocycles. The van der Waals surface area contributed by atoms with Crippen molar-refractivity contribution < 1.29 is 19.5 Å². The number of primary amides is 1. The van der Waals surface area contributed by atoms with Crippen LogP contribution in [0.15, 0.2) is 0 Å². The van der Waals surface area contributed by atoms with Gasteiger partial charge in [0.15, 0.2) is 0 Å². The van der Waals surface area contributed by atoms with E-state index >= 15 is 0 Å². The summed E-state index contributed by atoms with van der Waals surface area (Å²) in [5.41, 5.74) is 4.83. The number of likely N-dealkylation sites (tertiary alicyclic amines) is 1. The zero-order chi connectivity index (χ0) is 13.0. The third kappa shape index (κ3) is 4.03. The number of nitrogens with zero attached hydrogens (tertiary/aromatic N) is 1. The Morgan fingerprint density at radius 1 is 1.47 bits per heavy atom. The molecule has 17 heavy (non-hydrogen) atoms. The highest BCUT2D eigenvalue weighted by molar-refractivity contribution is 5.94. The highest BCUT2D eigenvalue weighted by Crippen LogP contribution is 2.22. The van der Waals surface area contributed by atoms with Gasteiger partial charge in [-0.15, -0.1) is 0 Å². The van der Waals surface area contributed by atoms with Gasteiger partial charge in [0.05, 0.1) is 12.5 Å². The van der Waals surface area contributed by atoms with Gasteiger partial charge in [-0.25, -0.2) is 4.79 Å². The van der Waals surface area contributed by atoms with E-state index in [1.54, 1.807) is 0 Å². The maximum absolute atomic E-state index is 11.3. The maximum atomic E-state index is 11.3. The topological polar surface area (TPSA) is 113 Å². The fourth-order valence-corrected chi connectivity index (χ4v) is 2.04. The molecule has 1 fully saturated rings. The summed E-state index contributed by atoms with van der Waals surface area (Å²) < 4.78 is 0. The summed E-state index contributed by atoms with van der Waals surface area (Å²) in [5.74, 6) is -1.60. The van der Waals surface area contributed by atoms with Crippen molar-refractivity contribution >= 4 is 17.9 Å². The molecular formula is C10H17N3O4. The van der Waals surface area contributed by atoms with Crippen LogP contribution in [0.2, 0.25) is 0 Å². The van der Waals surface area contributed by atoms with Crippen LogP contribution in [0.5, 0.6) is 0 Å². The van der Waals surface area contributed by atoms with Gasteiger partial charge >= 0.3 is 12.0 Å². The summed E-state index contributed by atoms with van der Waals surface area (Å²) in [6.45, 7) is 2.47. The molecule has 0 radical (unpaired) electrons. The number of imide groups is 1. The molecule has 1 aliphatic heterocycles. The summed E-state index contributed by atoms with van der Waals surface area (Å²) in [4.78, 5) is 34.4. The van der Waals surface area contributed by atoms with Gasteiger partial charge < -0.3 is 10.8 Å². The number of piperidine rings is 1. The van der Waals surface area contributed by atoms with Crippen LogP contribution in [-0.2, 0) is 9.59 Å². The average molecular weight is 243 g/mol. The minimum atomic E-state index is -0.872. The molecule has 4 N–H and O–H groups in total. The number of urea groups is 1. The Hall–Kier alpha value is -1.63. The lowest BCUT2D eigenvalue weighted by atomic mass is 9.92. The molecule has 0 aromatic heterocycles. The van der Waals surface area contributed by atoms with Crippen LogP contribution in [0.25, 0.3) is 0 Å². The van der Waals surface area contributed by atoms with Crippen molar-refractivity contribution in [2.24, 2.45) is 11.7 Å². The summed E-state index contributed by atoms with van der Waals surface area (Å²) in [7, 11) is 0. The summed E-state index contributed by atoms with van der Waals surface area (Å²) in [6, 6.07) is -0.869. The molecule has 0 bridgehead atoms. The number of carboxylic acid groups (broad SMARTS) is 1. The van der Waals surface area contributed by atoms with E-state index in [2.05, 4.69) is 0 Å². The van der Waals surface area contributed by atoms with Gasteiger partial charge in [0.1, 0.15) is 0 Å². The molecule has 0 aliphatic carbocycles. The first-order valence-electron chi connectivity index (χ1n) is 5.46. The average Bonchev–Trinajstić information content (AvgIpc) is 2.19. The van der Waals surface area contributed by atoms with Crippen molar-refractivity contribution in [3.63, 3.8) is 0 Å². The van der Waals surface area contributed by atoms with E-state index < -0.39 is 17.9 Å². The van der Waals surface area contributed by atoms with Crippen LogP contribution < -0.4 is 11.1 Å². The lowest BCUT2D eigenvalue weighted by Gasteiger charge is -2.35. The van der Waals surface area contributed by atoms with Crippen LogP contribution in [0.1, 0.15) is 19.8 Å². The van der Waals surface area contributed by atoms with Gasteiger partial charge in [-0.3, -0.25) is 19.8 Å². The molecule has 2 atom stereocenters. The monoisotopic (exact) mass is 243 g/mol. The van der Waals surface area contributed by atoms with Crippen LogP contribution in [-0.4, -0.2) is 47.0 Å². The molecule has 0 saturated carbocycles. The molecule has 96 valence electrons. The predicted molar refractivity (Wildman–Crippen MR) is 59.1 cm³/mol. The number of amides is 3. The van der Waals surface area contributed by atoms with Crippen LogP contribution in [0, 0.1) is 5.92 Å². The minimum absolute atomic E-state index is 0.00322. The molecule has 7 heteroatoms. The molecule has 7 nitrogen and oxygen atoms in total. The zero-order valence-corrected chi connectivity index (χ0v) is 9.68. The zero-order valence-electron chi connectivity index (χ0n) is 9.68. The Balaban J connectivity index is 2.44. The van der Waals surface area contributed by atoms with Crippen molar-refractivity contribution in [1.29, 1.82) is 0 Å². The molecule has 2 unspecified atom stereocenters. The van der Waals surface area contributed by atoms with Crippen molar-refractivity contribution in [3.8, 4) is 0 Å². The molecule has 1 saturated heterocycles.